The minimum atomic E-state index is -3.66. The largest absolute Gasteiger partial charge is 0.466 e. The van der Waals surface area contributed by atoms with Gasteiger partial charge in [-0.05, 0) is 35.0 Å². The van der Waals surface area contributed by atoms with Crippen molar-refractivity contribution in [1.82, 2.24) is 4.72 Å². The number of thiophene rings is 2. The van der Waals surface area contributed by atoms with E-state index in [4.69, 9.17) is 4.42 Å². The maximum Gasteiger partial charge on any atom is 0.250 e. The van der Waals surface area contributed by atoms with Crippen molar-refractivity contribution < 1.29 is 17.9 Å². The van der Waals surface area contributed by atoms with Crippen LogP contribution in [0.25, 0.3) is 0 Å². The molecular formula is C14H13NO4S3. The molecule has 0 aliphatic carbocycles. The molecule has 0 bridgehead atoms. The van der Waals surface area contributed by atoms with E-state index in [9.17, 15) is 13.5 Å². The second kappa shape index (κ2) is 5.98. The van der Waals surface area contributed by atoms with E-state index < -0.39 is 15.6 Å². The van der Waals surface area contributed by atoms with Crippen LogP contribution < -0.4 is 4.72 Å². The molecule has 22 heavy (non-hydrogen) atoms. The highest BCUT2D eigenvalue weighted by Gasteiger charge is 2.37. The molecule has 3 heterocycles. The normalized spacial score (nSPS) is 14.8. The minimum absolute atomic E-state index is 0.207. The van der Waals surface area contributed by atoms with Crippen LogP contribution in [-0.4, -0.2) is 20.1 Å². The fraction of sp³-hybridized carbons (Fsp3) is 0.143. The van der Waals surface area contributed by atoms with E-state index in [1.54, 1.807) is 35.7 Å². The molecule has 0 spiro atoms. The Morgan fingerprint density at radius 2 is 1.91 bits per heavy atom. The molecule has 1 unspecified atom stereocenters. The fourth-order valence-electron chi connectivity index (χ4n) is 2.01. The average molecular weight is 355 g/mol. The summed E-state index contributed by atoms with van der Waals surface area (Å²) in [5.41, 5.74) is -1.54. The molecule has 0 amide bonds. The van der Waals surface area contributed by atoms with E-state index in [1.807, 2.05) is 5.38 Å². The van der Waals surface area contributed by atoms with Gasteiger partial charge in [-0.15, -0.1) is 22.7 Å². The van der Waals surface area contributed by atoms with Crippen LogP contribution >= 0.6 is 22.7 Å². The van der Waals surface area contributed by atoms with Crippen LogP contribution in [0.3, 0.4) is 0 Å². The van der Waals surface area contributed by atoms with Gasteiger partial charge in [0.25, 0.3) is 0 Å². The highest BCUT2D eigenvalue weighted by atomic mass is 32.2. The number of sulfonamides is 1. The zero-order valence-corrected chi connectivity index (χ0v) is 13.7. The number of nitrogens with one attached hydrogen (secondary N) is 1. The first-order chi connectivity index (χ1) is 10.5. The molecule has 1 atom stereocenters. The van der Waals surface area contributed by atoms with Gasteiger partial charge in [0.05, 0.1) is 12.8 Å². The molecule has 2 N–H and O–H groups in total. The van der Waals surface area contributed by atoms with Crippen molar-refractivity contribution in [3.8, 4) is 0 Å². The van der Waals surface area contributed by atoms with Crippen LogP contribution in [0.15, 0.2) is 62.0 Å². The SMILES string of the molecule is O=S(=O)(NCC(O)(c1ccco1)c1cccs1)c1cccs1. The molecule has 3 rings (SSSR count). The minimum Gasteiger partial charge on any atom is -0.466 e. The fourth-order valence-corrected chi connectivity index (χ4v) is 4.94. The highest BCUT2D eigenvalue weighted by molar-refractivity contribution is 7.91. The van der Waals surface area contributed by atoms with Crippen molar-refractivity contribution in [3.63, 3.8) is 0 Å². The van der Waals surface area contributed by atoms with Crippen molar-refractivity contribution in [2.45, 2.75) is 9.81 Å². The van der Waals surface area contributed by atoms with Gasteiger partial charge < -0.3 is 9.52 Å². The summed E-state index contributed by atoms with van der Waals surface area (Å²) in [7, 11) is -3.66. The predicted octanol–water partition coefficient (Wildman–Crippen LogP) is 2.62. The average Bonchev–Trinajstić information content (AvgIpc) is 3.28. The molecular weight excluding hydrogens is 342 g/mol. The van der Waals surface area contributed by atoms with Gasteiger partial charge in [-0.2, -0.15) is 0 Å². The molecule has 0 aliphatic rings. The Hall–Kier alpha value is -1.45. The van der Waals surface area contributed by atoms with E-state index in [0.29, 0.717) is 10.6 Å². The number of hydrogen-bond donors (Lipinski definition) is 2. The van der Waals surface area contributed by atoms with E-state index >= 15 is 0 Å². The maximum atomic E-state index is 12.2. The molecule has 0 saturated carbocycles. The first-order valence-corrected chi connectivity index (χ1v) is 9.60. The number of rotatable bonds is 6. The first kappa shape index (κ1) is 15.4. The van der Waals surface area contributed by atoms with Gasteiger partial charge >= 0.3 is 0 Å². The zero-order chi connectivity index (χ0) is 15.6. The summed E-state index contributed by atoms with van der Waals surface area (Å²) < 4.78 is 32.4. The third-order valence-electron chi connectivity index (χ3n) is 3.14. The van der Waals surface area contributed by atoms with Gasteiger partial charge in [-0.25, -0.2) is 13.1 Å². The first-order valence-electron chi connectivity index (χ1n) is 6.36. The number of hydrogen-bond acceptors (Lipinski definition) is 6. The zero-order valence-electron chi connectivity index (χ0n) is 11.3. The van der Waals surface area contributed by atoms with Crippen molar-refractivity contribution >= 4 is 32.7 Å². The molecule has 3 aromatic heterocycles. The molecule has 0 radical (unpaired) electrons. The lowest BCUT2D eigenvalue weighted by atomic mass is 9.99. The second-order valence-electron chi connectivity index (χ2n) is 4.57. The van der Waals surface area contributed by atoms with Crippen LogP contribution in [0.2, 0.25) is 0 Å². The molecule has 3 aromatic rings. The molecule has 5 nitrogen and oxygen atoms in total. The number of furan rings is 1. The van der Waals surface area contributed by atoms with E-state index in [2.05, 4.69) is 4.72 Å². The lowest BCUT2D eigenvalue weighted by molar-refractivity contribution is 0.0655. The van der Waals surface area contributed by atoms with Crippen LogP contribution in [0.4, 0.5) is 0 Å². The number of aliphatic hydroxyl groups is 1. The van der Waals surface area contributed by atoms with Crippen LogP contribution in [0, 0.1) is 0 Å². The molecule has 0 aliphatic heterocycles. The summed E-state index contributed by atoms with van der Waals surface area (Å²) in [5, 5.41) is 14.5. The Labute approximate surface area is 135 Å². The lowest BCUT2D eigenvalue weighted by Gasteiger charge is -2.25. The van der Waals surface area contributed by atoms with Gasteiger partial charge in [-0.1, -0.05) is 12.1 Å². The molecule has 116 valence electrons. The molecule has 0 aromatic carbocycles. The molecule has 0 fully saturated rings. The van der Waals surface area contributed by atoms with Gasteiger partial charge in [0.1, 0.15) is 9.97 Å². The van der Waals surface area contributed by atoms with Gasteiger partial charge in [0.15, 0.2) is 5.60 Å². The van der Waals surface area contributed by atoms with Gasteiger partial charge in [-0.3, -0.25) is 0 Å². The van der Waals surface area contributed by atoms with E-state index in [1.165, 1.54) is 23.7 Å². The van der Waals surface area contributed by atoms with Crippen molar-refractivity contribution in [2.24, 2.45) is 0 Å². The monoisotopic (exact) mass is 355 g/mol. The Balaban J connectivity index is 1.90. The van der Waals surface area contributed by atoms with Crippen molar-refractivity contribution in [1.29, 1.82) is 0 Å². The summed E-state index contributed by atoms with van der Waals surface area (Å²) in [4.78, 5) is 0.608. The maximum absolute atomic E-state index is 12.2. The third-order valence-corrected chi connectivity index (χ3v) is 6.96. The summed E-state index contributed by atoms with van der Waals surface area (Å²) in [6, 6.07) is 10.00. The van der Waals surface area contributed by atoms with E-state index in [-0.39, 0.29) is 10.8 Å². The Morgan fingerprint density at radius 3 is 2.50 bits per heavy atom. The topological polar surface area (TPSA) is 79.5 Å². The second-order valence-corrected chi connectivity index (χ2v) is 8.46. The summed E-state index contributed by atoms with van der Waals surface area (Å²) in [6.07, 6.45) is 1.45. The third kappa shape index (κ3) is 2.88. The van der Waals surface area contributed by atoms with Crippen molar-refractivity contribution in [2.75, 3.05) is 6.54 Å². The Bertz CT molecular complexity index is 771. The Morgan fingerprint density at radius 1 is 1.14 bits per heavy atom. The van der Waals surface area contributed by atoms with E-state index in [0.717, 1.165) is 11.3 Å². The highest BCUT2D eigenvalue weighted by Crippen LogP contribution is 2.33. The smallest absolute Gasteiger partial charge is 0.250 e. The van der Waals surface area contributed by atoms with Crippen LogP contribution in [0.1, 0.15) is 10.6 Å². The Kier molecular flexibility index (Phi) is 4.20. The quantitative estimate of drug-likeness (QED) is 0.712. The van der Waals surface area contributed by atoms with Crippen LogP contribution in [0.5, 0.6) is 0 Å². The molecule has 8 heteroatoms. The summed E-state index contributed by atoms with van der Waals surface area (Å²) in [6.45, 7) is -0.207. The summed E-state index contributed by atoms with van der Waals surface area (Å²) in [5.74, 6) is 0.295. The standard InChI is InChI=1S/C14H13NO4S3/c16-14(11-4-1-7-19-11,12-5-2-8-20-12)10-15-22(17,18)13-6-3-9-21-13/h1-9,15-16H,10H2. The van der Waals surface area contributed by atoms with Gasteiger partial charge in [0, 0.05) is 4.88 Å². The lowest BCUT2D eigenvalue weighted by Crippen LogP contribution is -2.40. The van der Waals surface area contributed by atoms with Crippen LogP contribution in [-0.2, 0) is 15.6 Å². The molecule has 0 saturated heterocycles. The predicted molar refractivity (Wildman–Crippen MR) is 85.5 cm³/mol. The van der Waals surface area contributed by atoms with Gasteiger partial charge in [0.2, 0.25) is 10.0 Å². The summed E-state index contributed by atoms with van der Waals surface area (Å²) >= 11 is 2.46. The van der Waals surface area contributed by atoms with Crippen molar-refractivity contribution in [3.05, 3.63) is 64.1 Å².